The summed E-state index contributed by atoms with van der Waals surface area (Å²) < 4.78 is 7.12. The average Bonchev–Trinajstić information content (AvgIpc) is 3.38. The molecule has 1 aliphatic heterocycles. The summed E-state index contributed by atoms with van der Waals surface area (Å²) in [5, 5.41) is 13.1. The lowest BCUT2D eigenvalue weighted by molar-refractivity contribution is 0.0342. The number of hydrogen-bond donors (Lipinski definition) is 2. The molecule has 2 aromatic carbocycles. The first-order chi connectivity index (χ1) is 18.0. The zero-order valence-corrected chi connectivity index (χ0v) is 20.3. The number of carboxylic acids is 1. The van der Waals surface area contributed by atoms with Crippen LogP contribution in [-0.2, 0) is 24.1 Å². The van der Waals surface area contributed by atoms with Crippen molar-refractivity contribution in [1.82, 2.24) is 19.4 Å². The molecule has 1 fully saturated rings. The van der Waals surface area contributed by atoms with Crippen molar-refractivity contribution in [3.05, 3.63) is 87.3 Å². The summed E-state index contributed by atoms with van der Waals surface area (Å²) >= 11 is 0. The third-order valence-corrected chi connectivity index (χ3v) is 7.03. The summed E-state index contributed by atoms with van der Waals surface area (Å²) in [7, 11) is 0. The number of nitrogens with zero attached hydrogens (tertiary/aromatic N) is 4. The van der Waals surface area contributed by atoms with Crippen molar-refractivity contribution in [3.63, 3.8) is 0 Å². The fourth-order valence-electron chi connectivity index (χ4n) is 5.12. The van der Waals surface area contributed by atoms with Gasteiger partial charge in [-0.2, -0.15) is 4.98 Å². The number of rotatable bonds is 6. The normalized spacial score (nSPS) is 15.6. The highest BCUT2D eigenvalue weighted by Crippen LogP contribution is 2.26. The van der Waals surface area contributed by atoms with E-state index in [1.807, 2.05) is 18.2 Å². The lowest BCUT2D eigenvalue weighted by Crippen LogP contribution is -2.35. The minimum atomic E-state index is -1.28. The number of nitrogens with one attached hydrogen (secondary N) is 1. The number of carboxylic acid groups (broad SMARTS) is 1. The molecule has 0 amide bonds. The van der Waals surface area contributed by atoms with E-state index in [4.69, 9.17) is 4.74 Å². The molecule has 9 nitrogen and oxygen atoms in total. The van der Waals surface area contributed by atoms with Crippen LogP contribution in [-0.4, -0.2) is 56.8 Å². The molecule has 1 saturated heterocycles. The Labute approximate surface area is 213 Å². The molecule has 9 heteroatoms. The van der Waals surface area contributed by atoms with E-state index in [0.717, 1.165) is 69.0 Å². The molecule has 0 bridgehead atoms. The average molecular weight is 498 g/mol. The molecule has 0 atom stereocenters. The Kier molecular flexibility index (Phi) is 6.15. The molecule has 1 aliphatic carbocycles. The van der Waals surface area contributed by atoms with Crippen molar-refractivity contribution in [3.8, 4) is 5.69 Å². The summed E-state index contributed by atoms with van der Waals surface area (Å²) in [5.74, 6) is -0.950. The minimum Gasteiger partial charge on any atom is -0.477 e. The van der Waals surface area contributed by atoms with Crippen molar-refractivity contribution < 1.29 is 14.6 Å². The van der Waals surface area contributed by atoms with Gasteiger partial charge in [-0.1, -0.05) is 18.2 Å². The SMILES string of the molecule is O=C(O)c1cn(-c2ccc3c(c2)CCC3)c2nc(Nc3cccc(CN4CCOCC4)c3)ncc2c1=O. The van der Waals surface area contributed by atoms with Crippen LogP contribution < -0.4 is 10.7 Å². The molecule has 0 radical (unpaired) electrons. The summed E-state index contributed by atoms with van der Waals surface area (Å²) in [6, 6.07) is 14.1. The van der Waals surface area contributed by atoms with Gasteiger partial charge in [0, 0.05) is 43.4 Å². The zero-order valence-electron chi connectivity index (χ0n) is 20.3. The van der Waals surface area contributed by atoms with Gasteiger partial charge in [0.1, 0.15) is 5.56 Å². The topological polar surface area (TPSA) is 110 Å². The van der Waals surface area contributed by atoms with Gasteiger partial charge in [0.15, 0.2) is 5.65 Å². The van der Waals surface area contributed by atoms with Crippen molar-refractivity contribution in [2.24, 2.45) is 0 Å². The number of aromatic carboxylic acids is 1. The molecule has 0 saturated carbocycles. The molecule has 0 unspecified atom stereocenters. The minimum absolute atomic E-state index is 0.159. The second-order valence-electron chi connectivity index (χ2n) is 9.50. The Morgan fingerprint density at radius 1 is 1.08 bits per heavy atom. The molecule has 4 aromatic rings. The maximum absolute atomic E-state index is 12.9. The number of morpholine rings is 1. The molecule has 2 aliphatic rings. The number of pyridine rings is 1. The van der Waals surface area contributed by atoms with Crippen molar-refractivity contribution >= 4 is 28.6 Å². The summed E-state index contributed by atoms with van der Waals surface area (Å²) in [6.07, 6.45) is 5.90. The number of aryl methyl sites for hydroxylation is 2. The molecule has 6 rings (SSSR count). The van der Waals surface area contributed by atoms with Crippen molar-refractivity contribution in [1.29, 1.82) is 0 Å². The first-order valence-electron chi connectivity index (χ1n) is 12.5. The van der Waals surface area contributed by atoms with Gasteiger partial charge in [-0.25, -0.2) is 9.78 Å². The smallest absolute Gasteiger partial charge is 0.341 e. The second kappa shape index (κ2) is 9.76. The largest absolute Gasteiger partial charge is 0.477 e. The van der Waals surface area contributed by atoms with Gasteiger partial charge in [-0.05, 0) is 60.2 Å². The van der Waals surface area contributed by atoms with Gasteiger partial charge in [0.05, 0.1) is 18.6 Å². The number of ether oxygens (including phenoxy) is 1. The van der Waals surface area contributed by atoms with Gasteiger partial charge in [0.25, 0.3) is 0 Å². The molecule has 2 aromatic heterocycles. The number of anilines is 2. The fourth-order valence-corrected chi connectivity index (χ4v) is 5.12. The quantitative estimate of drug-likeness (QED) is 0.416. The first-order valence-corrected chi connectivity index (χ1v) is 12.5. The van der Waals surface area contributed by atoms with E-state index in [9.17, 15) is 14.7 Å². The highest BCUT2D eigenvalue weighted by molar-refractivity contribution is 5.92. The van der Waals surface area contributed by atoms with Crippen LogP contribution in [0.3, 0.4) is 0 Å². The standard InChI is InChI=1S/C28H27N5O4/c34-25-23-15-29-28(30-21-6-1-3-18(13-21)16-32-9-11-37-12-10-32)31-26(23)33(17-24(25)27(35)36)22-8-7-19-4-2-5-20(19)14-22/h1,3,6-8,13-15,17H,2,4-5,9-12,16H2,(H,35,36)(H,29,30,31). The number of aromatic nitrogens is 3. The maximum Gasteiger partial charge on any atom is 0.341 e. The number of benzene rings is 2. The lowest BCUT2D eigenvalue weighted by Gasteiger charge is -2.26. The van der Waals surface area contributed by atoms with Crippen LogP contribution >= 0.6 is 0 Å². The van der Waals surface area contributed by atoms with E-state index in [1.165, 1.54) is 23.5 Å². The van der Waals surface area contributed by atoms with Gasteiger partial charge >= 0.3 is 5.97 Å². The van der Waals surface area contributed by atoms with Gasteiger partial charge in [-0.3, -0.25) is 9.69 Å². The predicted molar refractivity (Wildman–Crippen MR) is 140 cm³/mol. The predicted octanol–water partition coefficient (Wildman–Crippen LogP) is 3.54. The van der Waals surface area contributed by atoms with Crippen LogP contribution in [0.4, 0.5) is 11.6 Å². The first kappa shape index (κ1) is 23.3. The monoisotopic (exact) mass is 497 g/mol. The van der Waals surface area contributed by atoms with E-state index in [0.29, 0.717) is 11.6 Å². The number of hydrogen-bond acceptors (Lipinski definition) is 7. The lowest BCUT2D eigenvalue weighted by atomic mass is 10.1. The van der Waals surface area contributed by atoms with Crippen molar-refractivity contribution in [2.45, 2.75) is 25.8 Å². The highest BCUT2D eigenvalue weighted by atomic mass is 16.5. The van der Waals surface area contributed by atoms with Gasteiger partial charge in [0.2, 0.25) is 11.4 Å². The number of carbonyl (C=O) groups is 1. The van der Waals surface area contributed by atoms with E-state index in [2.05, 4.69) is 44.5 Å². The van der Waals surface area contributed by atoms with Crippen LogP contribution in [0.1, 0.15) is 33.5 Å². The molecule has 37 heavy (non-hydrogen) atoms. The van der Waals surface area contributed by atoms with Crippen LogP contribution in [0, 0.1) is 0 Å². The van der Waals surface area contributed by atoms with Gasteiger partial charge in [-0.15, -0.1) is 0 Å². The fraction of sp³-hybridized carbons (Fsp3) is 0.286. The molecular formula is C28H27N5O4. The zero-order chi connectivity index (χ0) is 25.4. The number of fused-ring (bicyclic) bond motifs is 2. The Bertz CT molecular complexity index is 1560. The van der Waals surface area contributed by atoms with Crippen LogP contribution in [0.25, 0.3) is 16.7 Å². The Morgan fingerprint density at radius 3 is 2.76 bits per heavy atom. The third kappa shape index (κ3) is 4.71. The van der Waals surface area contributed by atoms with Crippen LogP contribution in [0.2, 0.25) is 0 Å². The molecule has 188 valence electrons. The van der Waals surface area contributed by atoms with E-state index in [-0.39, 0.29) is 10.9 Å². The Balaban J connectivity index is 1.38. The summed E-state index contributed by atoms with van der Waals surface area (Å²) in [5.41, 5.74) is 4.76. The molecule has 3 heterocycles. The maximum atomic E-state index is 12.9. The highest BCUT2D eigenvalue weighted by Gasteiger charge is 2.19. The Hall–Kier alpha value is -4.08. The van der Waals surface area contributed by atoms with E-state index >= 15 is 0 Å². The summed E-state index contributed by atoms with van der Waals surface area (Å²) in [4.78, 5) is 36.1. The van der Waals surface area contributed by atoms with E-state index < -0.39 is 11.4 Å². The van der Waals surface area contributed by atoms with Crippen LogP contribution in [0.15, 0.2) is 59.7 Å². The van der Waals surface area contributed by atoms with E-state index in [1.54, 1.807) is 4.57 Å². The summed E-state index contributed by atoms with van der Waals surface area (Å²) in [6.45, 7) is 4.14. The van der Waals surface area contributed by atoms with Crippen LogP contribution in [0.5, 0.6) is 0 Å². The molecule has 0 spiro atoms. The van der Waals surface area contributed by atoms with Gasteiger partial charge < -0.3 is 19.7 Å². The second-order valence-corrected chi connectivity index (χ2v) is 9.50. The molecule has 2 N–H and O–H groups in total. The third-order valence-electron chi connectivity index (χ3n) is 7.03. The molecular weight excluding hydrogens is 470 g/mol. The van der Waals surface area contributed by atoms with Crippen molar-refractivity contribution in [2.75, 3.05) is 31.6 Å². The Morgan fingerprint density at radius 2 is 1.92 bits per heavy atom.